The maximum atomic E-state index is 11.2. The molecule has 8 nitrogen and oxygen atoms in total. The zero-order valence-corrected chi connectivity index (χ0v) is 21.0. The number of hydrogen-bond donors (Lipinski definition) is 1. The lowest BCUT2D eigenvalue weighted by Crippen LogP contribution is -2.06. The van der Waals surface area contributed by atoms with Crippen molar-refractivity contribution in [3.8, 4) is 11.5 Å². The van der Waals surface area contributed by atoms with E-state index in [1.807, 2.05) is 13.8 Å². The highest BCUT2D eigenvalue weighted by Gasteiger charge is 2.11. The van der Waals surface area contributed by atoms with Crippen LogP contribution >= 0.6 is 15.9 Å². The van der Waals surface area contributed by atoms with Crippen molar-refractivity contribution in [3.63, 3.8) is 0 Å². The van der Waals surface area contributed by atoms with Gasteiger partial charge in [-0.25, -0.2) is 19.3 Å². The maximum Gasteiger partial charge on any atom is 0.336 e. The van der Waals surface area contributed by atoms with Gasteiger partial charge in [0.1, 0.15) is 11.5 Å². The molecular weight excluding hydrogens is 492 g/mol. The number of benzene rings is 2. The predicted octanol–water partition coefficient (Wildman–Crippen LogP) is 6.33. The average molecular weight is 519 g/mol. The van der Waals surface area contributed by atoms with Gasteiger partial charge in [-0.2, -0.15) is 0 Å². The van der Waals surface area contributed by atoms with Crippen LogP contribution in [0, 0.1) is 13.1 Å². The molecule has 2 aromatic carbocycles. The van der Waals surface area contributed by atoms with E-state index in [2.05, 4.69) is 48.9 Å². The minimum absolute atomic E-state index is 0.00974. The van der Waals surface area contributed by atoms with E-state index in [1.165, 1.54) is 38.5 Å². The number of phenolic OH excluding ortho intramolecular Hbond substituents is 1. The highest BCUT2D eigenvalue weighted by Crippen LogP contribution is 2.30. The number of carbonyl (C=O) groups excluding carboxylic acids is 2. The molecule has 176 valence electrons. The second-order valence-corrected chi connectivity index (χ2v) is 8.60. The summed E-state index contributed by atoms with van der Waals surface area (Å²) in [5.41, 5.74) is 0.968. The largest absolute Gasteiger partial charge is 0.519 e. The summed E-state index contributed by atoms with van der Waals surface area (Å²) in [6.45, 7) is 21.6. The second kappa shape index (κ2) is 15.3. The van der Waals surface area contributed by atoms with Crippen molar-refractivity contribution >= 4 is 39.2 Å². The van der Waals surface area contributed by atoms with E-state index in [1.54, 1.807) is 12.1 Å². The molecule has 0 radical (unpaired) electrons. The normalized spacial score (nSPS) is 9.30. The van der Waals surface area contributed by atoms with Crippen molar-refractivity contribution in [1.29, 1.82) is 0 Å². The molecular formula is C24H27BrN2O6. The van der Waals surface area contributed by atoms with Gasteiger partial charge in [-0.3, -0.25) is 0 Å². The first-order valence-electron chi connectivity index (χ1n) is 9.69. The minimum Gasteiger partial charge on any atom is -0.519 e. The number of aromatic hydroxyl groups is 1. The molecule has 0 spiro atoms. The lowest BCUT2D eigenvalue weighted by molar-refractivity contribution is 0.0592. The molecule has 0 aliphatic rings. The Hall–Kier alpha value is -3.56. The second-order valence-electron chi connectivity index (χ2n) is 6.77. The molecule has 2 aromatic rings. The molecule has 0 saturated heterocycles. The number of esters is 2. The molecule has 0 bridgehead atoms. The van der Waals surface area contributed by atoms with E-state index < -0.39 is 11.9 Å². The number of alkyl halides is 1. The summed E-state index contributed by atoms with van der Waals surface area (Å²) < 4.78 is 14.5. The molecule has 33 heavy (non-hydrogen) atoms. The Labute approximate surface area is 202 Å². The molecule has 0 aliphatic carbocycles. The number of nitrogens with zero attached hydrogens (tertiary/aromatic N) is 2. The fourth-order valence-electron chi connectivity index (χ4n) is 2.06. The standard InChI is InChI=1S/C12H13NO3.C9H7NO3.C3H7Br/c1-8(2)16-11-6-5-9(12(14)15-4)7-10(11)13-3;1-10-7-5-6(9(12)13-2)3-4-8(7)11;1-3(2)4/h5-8H,1-2,4H3;3-5,11H,2H3;3H,1-2H3. The average Bonchev–Trinajstić information content (AvgIpc) is 2.78. The Morgan fingerprint density at radius 1 is 0.879 bits per heavy atom. The predicted molar refractivity (Wildman–Crippen MR) is 130 cm³/mol. The van der Waals surface area contributed by atoms with Gasteiger partial charge >= 0.3 is 11.9 Å². The first-order chi connectivity index (χ1) is 15.5. The molecule has 0 atom stereocenters. The van der Waals surface area contributed by atoms with Crippen LogP contribution in [-0.2, 0) is 9.47 Å². The van der Waals surface area contributed by atoms with Gasteiger partial charge in [0.15, 0.2) is 0 Å². The monoisotopic (exact) mass is 518 g/mol. The first kappa shape index (κ1) is 29.4. The van der Waals surface area contributed by atoms with Gasteiger partial charge in [-0.15, -0.1) is 0 Å². The van der Waals surface area contributed by atoms with Crippen molar-refractivity contribution in [2.75, 3.05) is 14.2 Å². The van der Waals surface area contributed by atoms with E-state index in [0.29, 0.717) is 21.8 Å². The summed E-state index contributed by atoms with van der Waals surface area (Å²) in [7, 11) is 2.56. The van der Waals surface area contributed by atoms with Gasteiger partial charge < -0.3 is 19.3 Å². The number of halogens is 1. The Morgan fingerprint density at radius 2 is 1.30 bits per heavy atom. The van der Waals surface area contributed by atoms with E-state index in [9.17, 15) is 9.59 Å². The number of phenols is 1. The van der Waals surface area contributed by atoms with Crippen LogP contribution in [0.3, 0.4) is 0 Å². The Kier molecular flexibility index (Phi) is 13.6. The van der Waals surface area contributed by atoms with E-state index >= 15 is 0 Å². The van der Waals surface area contributed by atoms with Crippen LogP contribution < -0.4 is 4.74 Å². The number of rotatable bonds is 4. The van der Waals surface area contributed by atoms with Crippen molar-refractivity contribution in [2.45, 2.75) is 38.6 Å². The minimum atomic E-state index is -0.523. The van der Waals surface area contributed by atoms with Crippen molar-refractivity contribution in [3.05, 3.63) is 70.4 Å². The summed E-state index contributed by atoms with van der Waals surface area (Å²) in [5.74, 6) is -0.633. The third-order valence-corrected chi connectivity index (χ3v) is 3.38. The van der Waals surface area contributed by atoms with Gasteiger partial charge in [0.2, 0.25) is 11.4 Å². The number of methoxy groups -OCH3 is 2. The molecule has 9 heteroatoms. The molecule has 2 rings (SSSR count). The zero-order chi connectivity index (χ0) is 25.6. The summed E-state index contributed by atoms with van der Waals surface area (Å²) in [5, 5.41) is 9.12. The summed E-state index contributed by atoms with van der Waals surface area (Å²) in [6.07, 6.45) is -0.00974. The van der Waals surface area contributed by atoms with Crippen LogP contribution in [0.4, 0.5) is 11.4 Å². The first-order valence-corrected chi connectivity index (χ1v) is 10.6. The van der Waals surface area contributed by atoms with Gasteiger partial charge in [0, 0.05) is 16.0 Å². The van der Waals surface area contributed by atoms with Gasteiger partial charge in [0.05, 0.1) is 33.5 Å². The lowest BCUT2D eigenvalue weighted by atomic mass is 10.2. The topological polar surface area (TPSA) is 90.8 Å². The molecule has 0 aromatic heterocycles. The fraction of sp³-hybridized carbons (Fsp3) is 0.333. The van der Waals surface area contributed by atoms with Crippen LogP contribution in [-0.4, -0.2) is 42.2 Å². The van der Waals surface area contributed by atoms with Crippen LogP contribution in [0.1, 0.15) is 48.4 Å². The lowest BCUT2D eigenvalue weighted by Gasteiger charge is -2.11. The quantitative estimate of drug-likeness (QED) is 0.288. The van der Waals surface area contributed by atoms with Crippen LogP contribution in [0.2, 0.25) is 0 Å². The zero-order valence-electron chi connectivity index (χ0n) is 19.4. The van der Waals surface area contributed by atoms with Crippen LogP contribution in [0.25, 0.3) is 9.69 Å². The summed E-state index contributed by atoms with van der Waals surface area (Å²) >= 11 is 3.27. The fourth-order valence-corrected chi connectivity index (χ4v) is 2.06. The summed E-state index contributed by atoms with van der Waals surface area (Å²) in [4.78, 5) is 29.2. The molecule has 0 heterocycles. The third kappa shape index (κ3) is 11.0. The number of ether oxygens (including phenoxy) is 3. The number of carbonyl (C=O) groups is 2. The SMILES string of the molecule is CC(C)Br.[C-]#[N+]c1cc(C(=O)OC)ccc1O.[C-]#[N+]c1cc(C(=O)OC)ccc1OC(C)C. The van der Waals surface area contributed by atoms with Crippen LogP contribution in [0.15, 0.2) is 36.4 Å². The highest BCUT2D eigenvalue weighted by atomic mass is 79.9. The van der Waals surface area contributed by atoms with Crippen molar-refractivity contribution in [2.24, 2.45) is 0 Å². The molecule has 0 aliphatic heterocycles. The smallest absolute Gasteiger partial charge is 0.336 e. The van der Waals surface area contributed by atoms with Gasteiger partial charge in [-0.05, 0) is 50.2 Å². The summed E-state index contributed by atoms with van der Waals surface area (Å²) in [6, 6.07) is 8.64. The highest BCUT2D eigenvalue weighted by molar-refractivity contribution is 9.09. The molecule has 0 saturated carbocycles. The molecule has 0 unspecified atom stereocenters. The molecule has 0 amide bonds. The van der Waals surface area contributed by atoms with Crippen LogP contribution in [0.5, 0.6) is 11.5 Å². The molecule has 0 fully saturated rings. The Bertz CT molecular complexity index is 1020. The van der Waals surface area contributed by atoms with E-state index in [-0.39, 0.29) is 23.1 Å². The molecule has 1 N–H and O–H groups in total. The maximum absolute atomic E-state index is 11.2. The van der Waals surface area contributed by atoms with E-state index in [0.717, 1.165) is 0 Å². The number of hydrogen-bond acceptors (Lipinski definition) is 6. The Morgan fingerprint density at radius 3 is 1.70 bits per heavy atom. The van der Waals surface area contributed by atoms with E-state index in [4.69, 9.17) is 23.0 Å². The van der Waals surface area contributed by atoms with Gasteiger partial charge in [0.25, 0.3) is 0 Å². The van der Waals surface area contributed by atoms with Gasteiger partial charge in [-0.1, -0.05) is 29.8 Å². The Balaban J connectivity index is 0.000000542. The third-order valence-electron chi connectivity index (χ3n) is 3.38. The van der Waals surface area contributed by atoms with Crippen molar-refractivity contribution in [1.82, 2.24) is 0 Å². The van der Waals surface area contributed by atoms with Crippen molar-refractivity contribution < 1.29 is 28.9 Å².